The topological polar surface area (TPSA) is 79.0 Å². The fourth-order valence-electron chi connectivity index (χ4n) is 4.38. The zero-order valence-corrected chi connectivity index (χ0v) is 20.3. The van der Waals surface area contributed by atoms with Gasteiger partial charge in [0.05, 0.1) is 27.8 Å². The van der Waals surface area contributed by atoms with Crippen LogP contribution in [-0.2, 0) is 19.6 Å². The number of carbonyl (C=O) groups excluding carboxylic acids is 1. The summed E-state index contributed by atoms with van der Waals surface area (Å²) in [7, 11) is -3.58. The van der Waals surface area contributed by atoms with Crippen LogP contribution in [0.4, 0.5) is 5.69 Å². The first kappa shape index (κ1) is 24.2. The van der Waals surface area contributed by atoms with Gasteiger partial charge in [0, 0.05) is 39.1 Å². The smallest absolute Gasteiger partial charge is 0.243 e. The first-order chi connectivity index (χ1) is 15.8. The highest BCUT2D eigenvalue weighted by atomic mass is 35.5. The molecule has 2 saturated heterocycles. The van der Waals surface area contributed by atoms with E-state index in [4.69, 9.17) is 16.3 Å². The monoisotopic (exact) mass is 491 g/mol. The first-order valence-electron chi connectivity index (χ1n) is 11.4. The van der Waals surface area contributed by atoms with E-state index in [2.05, 4.69) is 22.3 Å². The van der Waals surface area contributed by atoms with Gasteiger partial charge in [-0.3, -0.25) is 9.69 Å². The summed E-state index contributed by atoms with van der Waals surface area (Å²) in [5.41, 5.74) is 1.45. The predicted molar refractivity (Wildman–Crippen MR) is 129 cm³/mol. The molecule has 9 heteroatoms. The molecule has 0 aromatic heterocycles. The van der Waals surface area contributed by atoms with Crippen LogP contribution in [0.25, 0.3) is 0 Å². The van der Waals surface area contributed by atoms with Gasteiger partial charge in [-0.2, -0.15) is 4.31 Å². The SMILES string of the molecule is CC1CN(CCC(=O)Nc2cc(S(=O)(=O)N3CCCC3)ccc2Cl)CC(c2ccccc2)O1. The van der Waals surface area contributed by atoms with Crippen LogP contribution < -0.4 is 5.32 Å². The number of nitrogens with zero attached hydrogens (tertiary/aromatic N) is 2. The largest absolute Gasteiger partial charge is 0.368 e. The van der Waals surface area contributed by atoms with Crippen molar-refractivity contribution in [3.8, 4) is 0 Å². The summed E-state index contributed by atoms with van der Waals surface area (Å²) in [5.74, 6) is -0.206. The minimum absolute atomic E-state index is 0.0278. The molecule has 1 N–H and O–H groups in total. The molecule has 2 heterocycles. The maximum absolute atomic E-state index is 12.8. The molecule has 0 bridgehead atoms. The number of rotatable bonds is 7. The lowest BCUT2D eigenvalue weighted by Gasteiger charge is -2.37. The van der Waals surface area contributed by atoms with Crippen LogP contribution in [0.3, 0.4) is 0 Å². The second-order valence-corrected chi connectivity index (χ2v) is 11.0. The number of ether oxygens (including phenoxy) is 1. The van der Waals surface area contributed by atoms with Gasteiger partial charge in [-0.1, -0.05) is 41.9 Å². The van der Waals surface area contributed by atoms with Crippen LogP contribution in [-0.4, -0.2) is 62.4 Å². The summed E-state index contributed by atoms with van der Waals surface area (Å²) in [6.45, 7) is 5.12. The van der Waals surface area contributed by atoms with Crippen molar-refractivity contribution < 1.29 is 17.9 Å². The second-order valence-electron chi connectivity index (χ2n) is 8.66. The molecular weight excluding hydrogens is 462 g/mol. The summed E-state index contributed by atoms with van der Waals surface area (Å²) in [5, 5.41) is 3.11. The standard InChI is InChI=1S/C24H30ClN3O4S/c1-18-16-27(17-23(32-18)19-7-3-2-4-8-19)14-11-24(29)26-22-15-20(9-10-21(22)25)33(30,31)28-12-5-6-13-28/h2-4,7-10,15,18,23H,5-6,11-14,16-17H2,1H3,(H,26,29). The number of halogens is 1. The van der Waals surface area contributed by atoms with Crippen molar-refractivity contribution in [1.82, 2.24) is 9.21 Å². The van der Waals surface area contributed by atoms with E-state index in [1.807, 2.05) is 25.1 Å². The van der Waals surface area contributed by atoms with Gasteiger partial charge in [-0.05, 0) is 43.5 Å². The third-order valence-corrected chi connectivity index (χ3v) is 8.30. The number of carbonyl (C=O) groups is 1. The molecule has 2 unspecified atom stereocenters. The Hall–Kier alpha value is -1.97. The second kappa shape index (κ2) is 10.5. The molecule has 2 fully saturated rings. The van der Waals surface area contributed by atoms with Gasteiger partial charge in [0.15, 0.2) is 0 Å². The van der Waals surface area contributed by atoms with Gasteiger partial charge >= 0.3 is 0 Å². The third-order valence-electron chi connectivity index (χ3n) is 6.08. The average molecular weight is 492 g/mol. The molecular formula is C24H30ClN3O4S. The molecule has 0 spiro atoms. The van der Waals surface area contributed by atoms with Crippen molar-refractivity contribution in [3.63, 3.8) is 0 Å². The maximum Gasteiger partial charge on any atom is 0.243 e. The Balaban J connectivity index is 1.37. The number of hydrogen-bond acceptors (Lipinski definition) is 5. The fraction of sp³-hybridized carbons (Fsp3) is 0.458. The quantitative estimate of drug-likeness (QED) is 0.635. The minimum Gasteiger partial charge on any atom is -0.368 e. The summed E-state index contributed by atoms with van der Waals surface area (Å²) < 4.78 is 33.3. The summed E-state index contributed by atoms with van der Waals surface area (Å²) in [6.07, 6.45) is 2.03. The number of morpholine rings is 1. The van der Waals surface area contributed by atoms with Crippen molar-refractivity contribution in [3.05, 3.63) is 59.1 Å². The predicted octanol–water partition coefficient (Wildman–Crippen LogP) is 3.92. The van der Waals surface area contributed by atoms with Gasteiger partial charge in [-0.15, -0.1) is 0 Å². The Morgan fingerprint density at radius 2 is 1.85 bits per heavy atom. The molecule has 0 radical (unpaired) electrons. The van der Waals surface area contributed by atoms with Gasteiger partial charge in [0.25, 0.3) is 0 Å². The third kappa shape index (κ3) is 5.94. The van der Waals surface area contributed by atoms with Crippen molar-refractivity contribution in [2.45, 2.75) is 43.3 Å². The number of sulfonamides is 1. The molecule has 4 rings (SSSR count). The van der Waals surface area contributed by atoms with Crippen LogP contribution in [0.15, 0.2) is 53.4 Å². The summed E-state index contributed by atoms with van der Waals surface area (Å²) in [6, 6.07) is 14.6. The molecule has 2 aliphatic rings. The van der Waals surface area contributed by atoms with E-state index in [0.29, 0.717) is 36.9 Å². The highest BCUT2D eigenvalue weighted by Crippen LogP contribution is 2.29. The molecule has 178 valence electrons. The summed E-state index contributed by atoms with van der Waals surface area (Å²) in [4.78, 5) is 15.0. The number of anilines is 1. The van der Waals surface area contributed by atoms with E-state index < -0.39 is 10.0 Å². The van der Waals surface area contributed by atoms with Gasteiger partial charge < -0.3 is 10.1 Å². The molecule has 2 aliphatic heterocycles. The Bertz CT molecular complexity index is 1070. The Labute approximate surface area is 200 Å². The number of benzene rings is 2. The van der Waals surface area contributed by atoms with E-state index in [1.165, 1.54) is 22.5 Å². The van der Waals surface area contributed by atoms with E-state index >= 15 is 0 Å². The van der Waals surface area contributed by atoms with Gasteiger partial charge in [0.2, 0.25) is 15.9 Å². The van der Waals surface area contributed by atoms with Gasteiger partial charge in [0.1, 0.15) is 0 Å². The molecule has 0 saturated carbocycles. The number of hydrogen-bond donors (Lipinski definition) is 1. The molecule has 1 amide bonds. The zero-order valence-electron chi connectivity index (χ0n) is 18.7. The van der Waals surface area contributed by atoms with Crippen molar-refractivity contribution in [2.24, 2.45) is 0 Å². The lowest BCUT2D eigenvalue weighted by Crippen LogP contribution is -2.43. The summed E-state index contributed by atoms with van der Waals surface area (Å²) >= 11 is 6.25. The molecule has 2 aromatic rings. The molecule has 2 atom stereocenters. The minimum atomic E-state index is -3.58. The van der Waals surface area contributed by atoms with Crippen LogP contribution >= 0.6 is 11.6 Å². The van der Waals surface area contributed by atoms with Crippen LogP contribution in [0.2, 0.25) is 5.02 Å². The normalized spacial score (nSPS) is 22.4. The lowest BCUT2D eigenvalue weighted by atomic mass is 10.1. The number of nitrogens with one attached hydrogen (secondary N) is 1. The maximum atomic E-state index is 12.8. The lowest BCUT2D eigenvalue weighted by molar-refractivity contribution is -0.118. The molecule has 33 heavy (non-hydrogen) atoms. The van der Waals surface area contributed by atoms with Crippen molar-refractivity contribution in [2.75, 3.05) is 38.0 Å². The van der Waals surface area contributed by atoms with Crippen LogP contribution in [0.1, 0.15) is 37.9 Å². The highest BCUT2D eigenvalue weighted by Gasteiger charge is 2.28. The molecule has 0 aliphatic carbocycles. The number of amides is 1. The zero-order chi connectivity index (χ0) is 23.4. The van der Waals surface area contributed by atoms with E-state index in [1.54, 1.807) is 0 Å². The van der Waals surface area contributed by atoms with E-state index in [0.717, 1.165) is 24.9 Å². The Morgan fingerprint density at radius 3 is 2.58 bits per heavy atom. The van der Waals surface area contributed by atoms with Crippen LogP contribution in [0.5, 0.6) is 0 Å². The first-order valence-corrected chi connectivity index (χ1v) is 13.2. The van der Waals surface area contributed by atoms with E-state index in [9.17, 15) is 13.2 Å². The van der Waals surface area contributed by atoms with Crippen molar-refractivity contribution in [1.29, 1.82) is 0 Å². The average Bonchev–Trinajstić information content (AvgIpc) is 3.35. The Kier molecular flexibility index (Phi) is 7.71. The molecule has 7 nitrogen and oxygen atoms in total. The van der Waals surface area contributed by atoms with Crippen LogP contribution in [0, 0.1) is 0 Å². The van der Waals surface area contributed by atoms with E-state index in [-0.39, 0.29) is 29.4 Å². The highest BCUT2D eigenvalue weighted by molar-refractivity contribution is 7.89. The van der Waals surface area contributed by atoms with Gasteiger partial charge in [-0.25, -0.2) is 8.42 Å². The Morgan fingerprint density at radius 1 is 1.12 bits per heavy atom. The van der Waals surface area contributed by atoms with Crippen molar-refractivity contribution >= 4 is 33.2 Å². The molecule has 2 aromatic carbocycles. The fourth-order valence-corrected chi connectivity index (χ4v) is 6.09.